The van der Waals surface area contributed by atoms with E-state index < -0.39 is 9.84 Å². The van der Waals surface area contributed by atoms with Gasteiger partial charge < -0.3 is 5.32 Å². The summed E-state index contributed by atoms with van der Waals surface area (Å²) in [5, 5.41) is 2.70. The van der Waals surface area contributed by atoms with Gasteiger partial charge in [0.1, 0.15) is 0 Å². The van der Waals surface area contributed by atoms with Crippen molar-refractivity contribution in [2.45, 2.75) is 25.6 Å². The summed E-state index contributed by atoms with van der Waals surface area (Å²) in [6, 6.07) is 11.0. The fourth-order valence-electron chi connectivity index (χ4n) is 2.05. The molecule has 0 spiro atoms. The molecule has 6 heteroatoms. The highest BCUT2D eigenvalue weighted by Gasteiger charge is 2.14. The minimum absolute atomic E-state index is 0.0333. The normalized spacial score (nSPS) is 11.2. The van der Waals surface area contributed by atoms with Crippen LogP contribution in [-0.2, 0) is 26.9 Å². The molecule has 2 aromatic rings. The molecule has 0 saturated heterocycles. The second-order valence-electron chi connectivity index (χ2n) is 5.47. The first-order valence-corrected chi connectivity index (χ1v) is 9.18. The molecule has 23 heavy (non-hydrogen) atoms. The molecular weight excluding hydrogens is 312 g/mol. The van der Waals surface area contributed by atoms with Crippen molar-refractivity contribution in [1.82, 2.24) is 10.3 Å². The average molecular weight is 332 g/mol. The Morgan fingerprint density at radius 3 is 2.52 bits per heavy atom. The number of sulfone groups is 1. The van der Waals surface area contributed by atoms with Crippen LogP contribution in [0.1, 0.15) is 23.1 Å². The maximum Gasteiger partial charge on any atom is 0.221 e. The molecule has 1 amide bonds. The van der Waals surface area contributed by atoms with Crippen molar-refractivity contribution in [3.05, 3.63) is 65.5 Å². The van der Waals surface area contributed by atoms with Crippen LogP contribution >= 0.6 is 0 Å². The van der Waals surface area contributed by atoms with Crippen molar-refractivity contribution in [2.24, 2.45) is 0 Å². The lowest BCUT2D eigenvalue weighted by Crippen LogP contribution is -2.25. The maximum atomic E-state index is 12.1. The molecule has 0 unspecified atom stereocenters. The molecule has 2 rings (SSSR count). The van der Waals surface area contributed by atoms with Crippen LogP contribution in [0, 0.1) is 6.92 Å². The van der Waals surface area contributed by atoms with Crippen molar-refractivity contribution < 1.29 is 13.2 Å². The van der Waals surface area contributed by atoms with E-state index in [4.69, 9.17) is 0 Å². The van der Waals surface area contributed by atoms with Crippen molar-refractivity contribution in [3.8, 4) is 0 Å². The molecule has 122 valence electrons. The molecule has 0 aliphatic heterocycles. The van der Waals surface area contributed by atoms with E-state index in [0.717, 1.165) is 16.7 Å². The predicted octanol–water partition coefficient (Wildman–Crippen LogP) is 2.01. The van der Waals surface area contributed by atoms with Crippen LogP contribution in [0.4, 0.5) is 0 Å². The summed E-state index contributed by atoms with van der Waals surface area (Å²) < 4.78 is 24.1. The molecule has 0 aliphatic carbocycles. The van der Waals surface area contributed by atoms with Crippen molar-refractivity contribution in [1.29, 1.82) is 0 Å². The Morgan fingerprint density at radius 1 is 1.13 bits per heavy atom. The lowest BCUT2D eigenvalue weighted by molar-refractivity contribution is -0.120. The standard InChI is InChI=1S/C17H20N2O3S/c1-14-4-6-15(7-5-14)13-23(21,22)10-8-17(20)19-12-16-3-2-9-18-11-16/h2-7,9,11H,8,10,12-13H2,1H3,(H,19,20). The zero-order chi connectivity index (χ0) is 16.7. The molecule has 0 aliphatic rings. The molecule has 1 aromatic carbocycles. The van der Waals surface area contributed by atoms with Gasteiger partial charge in [0, 0.05) is 25.4 Å². The Balaban J connectivity index is 1.79. The number of aryl methyl sites for hydroxylation is 1. The van der Waals surface area contributed by atoms with Crippen LogP contribution in [0.3, 0.4) is 0 Å². The number of amides is 1. The molecule has 0 saturated carbocycles. The molecular formula is C17H20N2O3S. The number of nitrogens with one attached hydrogen (secondary N) is 1. The van der Waals surface area contributed by atoms with E-state index in [1.807, 2.05) is 25.1 Å². The molecule has 0 radical (unpaired) electrons. The number of benzene rings is 1. The zero-order valence-electron chi connectivity index (χ0n) is 13.0. The van der Waals surface area contributed by atoms with Gasteiger partial charge in [0.25, 0.3) is 0 Å². The Bertz CT molecular complexity index is 741. The molecule has 1 N–H and O–H groups in total. The lowest BCUT2D eigenvalue weighted by Gasteiger charge is -2.07. The number of hydrogen-bond donors (Lipinski definition) is 1. The van der Waals surface area contributed by atoms with Gasteiger partial charge in [-0.15, -0.1) is 0 Å². The van der Waals surface area contributed by atoms with Crippen molar-refractivity contribution >= 4 is 15.7 Å². The number of carbonyl (C=O) groups is 1. The summed E-state index contributed by atoms with van der Waals surface area (Å²) in [7, 11) is -3.30. The van der Waals surface area contributed by atoms with Gasteiger partial charge in [0.05, 0.1) is 11.5 Å². The van der Waals surface area contributed by atoms with E-state index in [9.17, 15) is 13.2 Å². The van der Waals surface area contributed by atoms with E-state index in [1.165, 1.54) is 0 Å². The van der Waals surface area contributed by atoms with E-state index in [-0.39, 0.29) is 23.8 Å². The minimum Gasteiger partial charge on any atom is -0.352 e. The van der Waals surface area contributed by atoms with Gasteiger partial charge in [-0.05, 0) is 24.1 Å². The van der Waals surface area contributed by atoms with Gasteiger partial charge in [0.15, 0.2) is 9.84 Å². The molecule has 0 fully saturated rings. The van der Waals surface area contributed by atoms with Gasteiger partial charge in [-0.3, -0.25) is 9.78 Å². The van der Waals surface area contributed by atoms with Crippen LogP contribution < -0.4 is 5.32 Å². The summed E-state index contributed by atoms with van der Waals surface area (Å²) in [5.74, 6) is -0.468. The smallest absolute Gasteiger partial charge is 0.221 e. The zero-order valence-corrected chi connectivity index (χ0v) is 13.8. The largest absolute Gasteiger partial charge is 0.352 e. The number of carbonyl (C=O) groups excluding carboxylic acids is 1. The van der Waals surface area contributed by atoms with Crippen molar-refractivity contribution in [2.75, 3.05) is 5.75 Å². The average Bonchev–Trinajstić information content (AvgIpc) is 2.54. The van der Waals surface area contributed by atoms with Crippen LogP contribution in [0.5, 0.6) is 0 Å². The van der Waals surface area contributed by atoms with Crippen LogP contribution in [0.15, 0.2) is 48.8 Å². The van der Waals surface area contributed by atoms with E-state index in [1.54, 1.807) is 30.6 Å². The number of hydrogen-bond acceptors (Lipinski definition) is 4. The predicted molar refractivity (Wildman–Crippen MR) is 89.4 cm³/mol. The SMILES string of the molecule is Cc1ccc(CS(=O)(=O)CCC(=O)NCc2cccnc2)cc1. The number of pyridine rings is 1. The molecule has 0 atom stereocenters. The van der Waals surface area contributed by atoms with E-state index >= 15 is 0 Å². The van der Waals surface area contributed by atoms with Crippen LogP contribution in [0.2, 0.25) is 0 Å². The molecule has 0 bridgehead atoms. The fraction of sp³-hybridized carbons (Fsp3) is 0.294. The minimum atomic E-state index is -3.30. The number of rotatable bonds is 7. The quantitative estimate of drug-likeness (QED) is 0.841. The van der Waals surface area contributed by atoms with E-state index in [0.29, 0.717) is 6.54 Å². The summed E-state index contributed by atoms with van der Waals surface area (Å²) in [4.78, 5) is 15.7. The highest BCUT2D eigenvalue weighted by molar-refractivity contribution is 7.90. The third kappa shape index (κ3) is 6.20. The number of aromatic nitrogens is 1. The molecule has 5 nitrogen and oxygen atoms in total. The van der Waals surface area contributed by atoms with Crippen LogP contribution in [-0.4, -0.2) is 25.1 Å². The first-order chi connectivity index (χ1) is 10.9. The first kappa shape index (κ1) is 17.1. The van der Waals surface area contributed by atoms with Crippen molar-refractivity contribution in [3.63, 3.8) is 0 Å². The Morgan fingerprint density at radius 2 is 1.87 bits per heavy atom. The summed E-state index contributed by atoms with van der Waals surface area (Å²) in [5.41, 5.74) is 2.70. The van der Waals surface area contributed by atoms with Gasteiger partial charge >= 0.3 is 0 Å². The Kier molecular flexibility index (Phi) is 5.87. The van der Waals surface area contributed by atoms with Gasteiger partial charge in [-0.1, -0.05) is 35.9 Å². The molecule has 1 aromatic heterocycles. The summed E-state index contributed by atoms with van der Waals surface area (Å²) in [6.45, 7) is 2.30. The lowest BCUT2D eigenvalue weighted by atomic mass is 10.2. The maximum absolute atomic E-state index is 12.1. The van der Waals surface area contributed by atoms with Gasteiger partial charge in [-0.25, -0.2) is 8.42 Å². The molecule has 1 heterocycles. The topological polar surface area (TPSA) is 76.1 Å². The highest BCUT2D eigenvalue weighted by Crippen LogP contribution is 2.09. The summed E-state index contributed by atoms with van der Waals surface area (Å²) in [6.07, 6.45) is 3.28. The summed E-state index contributed by atoms with van der Waals surface area (Å²) >= 11 is 0. The third-order valence-electron chi connectivity index (χ3n) is 3.36. The monoisotopic (exact) mass is 332 g/mol. The number of nitrogens with zero attached hydrogens (tertiary/aromatic N) is 1. The van der Waals surface area contributed by atoms with Gasteiger partial charge in [-0.2, -0.15) is 0 Å². The van der Waals surface area contributed by atoms with Crippen LogP contribution in [0.25, 0.3) is 0 Å². The Hall–Kier alpha value is -2.21. The second kappa shape index (κ2) is 7.87. The Labute approximate surface area is 136 Å². The van der Waals surface area contributed by atoms with E-state index in [2.05, 4.69) is 10.3 Å². The second-order valence-corrected chi connectivity index (χ2v) is 7.65. The fourth-order valence-corrected chi connectivity index (χ4v) is 3.39. The third-order valence-corrected chi connectivity index (χ3v) is 4.96. The van der Waals surface area contributed by atoms with Gasteiger partial charge in [0.2, 0.25) is 5.91 Å². The first-order valence-electron chi connectivity index (χ1n) is 7.36. The highest BCUT2D eigenvalue weighted by atomic mass is 32.2.